The quantitative estimate of drug-likeness (QED) is 0.706. The Kier molecular flexibility index (Phi) is 4.72. The Morgan fingerprint density at radius 1 is 1.25 bits per heavy atom. The van der Waals surface area contributed by atoms with E-state index in [-0.39, 0.29) is 5.92 Å². The van der Waals surface area contributed by atoms with Crippen LogP contribution in [0.25, 0.3) is 0 Å². The second-order valence-electron chi connectivity index (χ2n) is 3.62. The third-order valence-corrected chi connectivity index (χ3v) is 2.59. The Labute approximate surface area is 97.6 Å². The molecule has 1 aromatic carbocycles. The maximum absolute atomic E-state index is 5.53. The van der Waals surface area contributed by atoms with E-state index < -0.39 is 0 Å². The minimum absolute atomic E-state index is 0.157. The van der Waals surface area contributed by atoms with Crippen LogP contribution in [0.2, 0.25) is 0 Å². The van der Waals surface area contributed by atoms with Gasteiger partial charge in [0.05, 0.1) is 14.2 Å². The fraction of sp³-hybridized carbons (Fsp3) is 0.429. The highest BCUT2D eigenvalue weighted by atomic mass is 16.5. The molecule has 0 aliphatic rings. The summed E-state index contributed by atoms with van der Waals surface area (Å²) in [5, 5.41) is 0. The zero-order chi connectivity index (χ0) is 12.0. The lowest BCUT2D eigenvalue weighted by atomic mass is 9.95. The van der Waals surface area contributed by atoms with Crippen LogP contribution in [0.5, 0.6) is 11.5 Å². The lowest BCUT2D eigenvalue weighted by molar-refractivity contribution is 0.354. The summed E-state index contributed by atoms with van der Waals surface area (Å²) in [4.78, 5) is 0. The average Bonchev–Trinajstić information content (AvgIpc) is 2.35. The number of hydrogen-bond donors (Lipinski definition) is 0. The minimum atomic E-state index is 0.157. The van der Waals surface area contributed by atoms with Crippen molar-refractivity contribution in [3.63, 3.8) is 0 Å². The molecule has 0 spiro atoms. The fourth-order valence-electron chi connectivity index (χ4n) is 1.70. The molecule has 1 aromatic rings. The van der Waals surface area contributed by atoms with Gasteiger partial charge >= 0.3 is 0 Å². The van der Waals surface area contributed by atoms with E-state index in [4.69, 9.17) is 15.9 Å². The van der Waals surface area contributed by atoms with Crippen LogP contribution in [0.4, 0.5) is 0 Å². The monoisotopic (exact) mass is 218 g/mol. The molecule has 0 aliphatic carbocycles. The largest absolute Gasteiger partial charge is 0.493 e. The molecule has 0 bridgehead atoms. The van der Waals surface area contributed by atoms with E-state index in [0.29, 0.717) is 0 Å². The molecule has 0 saturated carbocycles. The zero-order valence-electron chi connectivity index (χ0n) is 10.1. The molecular weight excluding hydrogens is 200 g/mol. The molecule has 86 valence electrons. The van der Waals surface area contributed by atoms with Crippen LogP contribution in [0, 0.1) is 12.3 Å². The second kappa shape index (κ2) is 6.07. The summed E-state index contributed by atoms with van der Waals surface area (Å²) in [5.41, 5.74) is 1.11. The van der Waals surface area contributed by atoms with Crippen LogP contribution in [0.15, 0.2) is 18.2 Å². The first-order valence-electron chi connectivity index (χ1n) is 5.44. The molecule has 0 saturated heterocycles. The summed E-state index contributed by atoms with van der Waals surface area (Å²) < 4.78 is 10.4. The Morgan fingerprint density at radius 2 is 1.94 bits per heavy atom. The third kappa shape index (κ3) is 2.70. The van der Waals surface area contributed by atoms with Gasteiger partial charge in [0.1, 0.15) is 0 Å². The first kappa shape index (κ1) is 12.4. The van der Waals surface area contributed by atoms with Gasteiger partial charge in [-0.3, -0.25) is 0 Å². The molecule has 0 unspecified atom stereocenters. The van der Waals surface area contributed by atoms with E-state index in [1.165, 1.54) is 0 Å². The molecule has 0 N–H and O–H groups in total. The molecule has 1 rings (SSSR count). The predicted octanol–water partition coefficient (Wildman–Crippen LogP) is 3.22. The van der Waals surface area contributed by atoms with E-state index in [0.717, 1.165) is 29.9 Å². The van der Waals surface area contributed by atoms with Crippen LogP contribution in [-0.4, -0.2) is 14.2 Å². The molecule has 0 radical (unpaired) electrons. The summed E-state index contributed by atoms with van der Waals surface area (Å²) in [6, 6.07) is 5.86. The lowest BCUT2D eigenvalue weighted by Gasteiger charge is -2.13. The second-order valence-corrected chi connectivity index (χ2v) is 3.62. The van der Waals surface area contributed by atoms with Crippen molar-refractivity contribution in [2.75, 3.05) is 14.2 Å². The van der Waals surface area contributed by atoms with Crippen LogP contribution in [0.3, 0.4) is 0 Å². The standard InChI is InChI=1S/C14H18O2/c1-5-7-11(6-2)12-8-9-13(15-3)14(10-12)16-4/h2,8-11H,5,7H2,1,3-4H3/t11-/m1/s1. The smallest absolute Gasteiger partial charge is 0.161 e. The van der Waals surface area contributed by atoms with Crippen molar-refractivity contribution in [1.82, 2.24) is 0 Å². The number of hydrogen-bond acceptors (Lipinski definition) is 2. The van der Waals surface area contributed by atoms with Crippen LogP contribution in [-0.2, 0) is 0 Å². The molecular formula is C14H18O2. The molecule has 2 heteroatoms. The Morgan fingerprint density at radius 3 is 2.44 bits per heavy atom. The van der Waals surface area contributed by atoms with Gasteiger partial charge in [0, 0.05) is 5.92 Å². The van der Waals surface area contributed by atoms with Crippen molar-refractivity contribution in [2.45, 2.75) is 25.7 Å². The van der Waals surface area contributed by atoms with Gasteiger partial charge in [0.15, 0.2) is 11.5 Å². The first-order chi connectivity index (χ1) is 7.76. The summed E-state index contributed by atoms with van der Waals surface area (Å²) in [5.74, 6) is 4.44. The number of terminal acetylenes is 1. The van der Waals surface area contributed by atoms with E-state index >= 15 is 0 Å². The molecule has 0 amide bonds. The van der Waals surface area contributed by atoms with E-state index in [1.807, 2.05) is 18.2 Å². The van der Waals surface area contributed by atoms with Crippen LogP contribution in [0.1, 0.15) is 31.2 Å². The number of methoxy groups -OCH3 is 2. The van der Waals surface area contributed by atoms with Gasteiger partial charge in [0.25, 0.3) is 0 Å². The van der Waals surface area contributed by atoms with Crippen molar-refractivity contribution < 1.29 is 9.47 Å². The van der Waals surface area contributed by atoms with Gasteiger partial charge in [-0.05, 0) is 24.1 Å². The van der Waals surface area contributed by atoms with Gasteiger partial charge in [-0.1, -0.05) is 25.3 Å². The number of ether oxygens (including phenoxy) is 2. The van der Waals surface area contributed by atoms with Gasteiger partial charge in [-0.2, -0.15) is 0 Å². The Bertz CT molecular complexity index is 377. The van der Waals surface area contributed by atoms with Crippen molar-refractivity contribution >= 4 is 0 Å². The normalized spacial score (nSPS) is 11.6. The third-order valence-electron chi connectivity index (χ3n) is 2.59. The van der Waals surface area contributed by atoms with E-state index in [9.17, 15) is 0 Å². The summed E-state index contributed by atoms with van der Waals surface area (Å²) >= 11 is 0. The molecule has 0 heterocycles. The van der Waals surface area contributed by atoms with Gasteiger partial charge in [-0.25, -0.2) is 0 Å². The van der Waals surface area contributed by atoms with Crippen molar-refractivity contribution in [3.05, 3.63) is 23.8 Å². The van der Waals surface area contributed by atoms with Crippen molar-refractivity contribution in [3.8, 4) is 23.8 Å². The highest BCUT2D eigenvalue weighted by Gasteiger charge is 2.11. The van der Waals surface area contributed by atoms with Gasteiger partial charge < -0.3 is 9.47 Å². The van der Waals surface area contributed by atoms with E-state index in [1.54, 1.807) is 14.2 Å². The molecule has 1 atom stereocenters. The van der Waals surface area contributed by atoms with Crippen molar-refractivity contribution in [2.24, 2.45) is 0 Å². The molecule has 16 heavy (non-hydrogen) atoms. The van der Waals surface area contributed by atoms with Gasteiger partial charge in [0.2, 0.25) is 0 Å². The number of benzene rings is 1. The zero-order valence-corrected chi connectivity index (χ0v) is 10.1. The molecule has 2 nitrogen and oxygen atoms in total. The van der Waals surface area contributed by atoms with Crippen LogP contribution >= 0.6 is 0 Å². The van der Waals surface area contributed by atoms with E-state index in [2.05, 4.69) is 12.8 Å². The lowest BCUT2D eigenvalue weighted by Crippen LogP contribution is -1.97. The fourth-order valence-corrected chi connectivity index (χ4v) is 1.70. The van der Waals surface area contributed by atoms with Crippen molar-refractivity contribution in [1.29, 1.82) is 0 Å². The van der Waals surface area contributed by atoms with Crippen LogP contribution < -0.4 is 9.47 Å². The topological polar surface area (TPSA) is 18.5 Å². The molecule has 0 fully saturated rings. The maximum Gasteiger partial charge on any atom is 0.161 e. The maximum atomic E-state index is 5.53. The molecule has 0 aromatic heterocycles. The highest BCUT2D eigenvalue weighted by molar-refractivity contribution is 5.45. The predicted molar refractivity (Wildman–Crippen MR) is 66.0 cm³/mol. The van der Waals surface area contributed by atoms with Gasteiger partial charge in [-0.15, -0.1) is 6.42 Å². The highest BCUT2D eigenvalue weighted by Crippen LogP contribution is 2.31. The first-order valence-corrected chi connectivity index (χ1v) is 5.44. The summed E-state index contributed by atoms with van der Waals surface area (Å²) in [6.07, 6.45) is 7.60. The summed E-state index contributed by atoms with van der Waals surface area (Å²) in [6.45, 7) is 2.13. The number of rotatable bonds is 5. The Balaban J connectivity index is 3.02. The Hall–Kier alpha value is -1.62. The average molecular weight is 218 g/mol. The molecule has 0 aliphatic heterocycles. The summed E-state index contributed by atoms with van der Waals surface area (Å²) in [7, 11) is 3.26. The SMILES string of the molecule is C#C[C@H](CCC)c1ccc(OC)c(OC)c1. The minimum Gasteiger partial charge on any atom is -0.493 e.